The average Bonchev–Trinajstić information content (AvgIpc) is 3.18. The quantitative estimate of drug-likeness (QED) is 0.692. The van der Waals surface area contributed by atoms with Gasteiger partial charge in [-0.3, -0.25) is 4.90 Å². The number of ether oxygens (including phenoxy) is 1. The molecule has 1 fully saturated rings. The SMILES string of the molecule is COc1ccc(-c2noc(CN3CCN(c4ccccc4C)CC3)n2)cc1. The molecule has 6 heteroatoms. The Balaban J connectivity index is 1.35. The van der Waals surface area contributed by atoms with Crippen LogP contribution in [0.3, 0.4) is 0 Å². The summed E-state index contributed by atoms with van der Waals surface area (Å²) in [6.07, 6.45) is 0. The molecular weight excluding hydrogens is 340 g/mol. The maximum atomic E-state index is 5.46. The molecule has 3 aromatic rings. The molecule has 0 N–H and O–H groups in total. The molecule has 4 rings (SSSR count). The van der Waals surface area contributed by atoms with Crippen molar-refractivity contribution in [3.63, 3.8) is 0 Å². The van der Waals surface area contributed by atoms with Crippen LogP contribution in [0.2, 0.25) is 0 Å². The Labute approximate surface area is 159 Å². The van der Waals surface area contributed by atoms with Crippen LogP contribution < -0.4 is 9.64 Å². The summed E-state index contributed by atoms with van der Waals surface area (Å²) in [7, 11) is 1.65. The van der Waals surface area contributed by atoms with Crippen LogP contribution in [-0.2, 0) is 6.54 Å². The van der Waals surface area contributed by atoms with Crippen molar-refractivity contribution >= 4 is 5.69 Å². The van der Waals surface area contributed by atoms with E-state index in [9.17, 15) is 0 Å². The second-order valence-electron chi connectivity index (χ2n) is 6.79. The van der Waals surface area contributed by atoms with Crippen LogP contribution >= 0.6 is 0 Å². The van der Waals surface area contributed by atoms with Crippen molar-refractivity contribution in [2.75, 3.05) is 38.2 Å². The van der Waals surface area contributed by atoms with Crippen LogP contribution in [0.1, 0.15) is 11.5 Å². The minimum atomic E-state index is 0.617. The smallest absolute Gasteiger partial charge is 0.241 e. The maximum absolute atomic E-state index is 5.46. The molecule has 1 saturated heterocycles. The van der Waals surface area contributed by atoms with Gasteiger partial charge in [0.05, 0.1) is 13.7 Å². The number of hydrogen-bond acceptors (Lipinski definition) is 6. The van der Waals surface area contributed by atoms with Gasteiger partial charge >= 0.3 is 0 Å². The summed E-state index contributed by atoms with van der Waals surface area (Å²) in [5, 5.41) is 4.12. The third-order valence-electron chi connectivity index (χ3n) is 5.00. The third-order valence-corrected chi connectivity index (χ3v) is 5.00. The fourth-order valence-corrected chi connectivity index (χ4v) is 3.43. The van der Waals surface area contributed by atoms with Crippen molar-refractivity contribution in [1.29, 1.82) is 0 Å². The number of para-hydroxylation sites is 1. The van der Waals surface area contributed by atoms with Crippen LogP contribution in [0, 0.1) is 6.92 Å². The number of nitrogens with zero attached hydrogens (tertiary/aromatic N) is 4. The average molecular weight is 364 g/mol. The van der Waals surface area contributed by atoms with Gasteiger partial charge in [-0.15, -0.1) is 0 Å². The zero-order chi connectivity index (χ0) is 18.6. The first-order valence-electron chi connectivity index (χ1n) is 9.23. The lowest BCUT2D eigenvalue weighted by Crippen LogP contribution is -2.46. The number of aromatic nitrogens is 2. The predicted octanol–water partition coefficient (Wildman–Crippen LogP) is 3.38. The van der Waals surface area contributed by atoms with Crippen molar-refractivity contribution in [2.45, 2.75) is 13.5 Å². The van der Waals surface area contributed by atoms with E-state index in [1.807, 2.05) is 24.3 Å². The molecule has 1 aliphatic heterocycles. The van der Waals surface area contributed by atoms with Gasteiger partial charge in [0.2, 0.25) is 11.7 Å². The largest absolute Gasteiger partial charge is 0.497 e. The molecule has 140 valence electrons. The molecule has 0 bridgehead atoms. The first-order chi connectivity index (χ1) is 13.2. The summed E-state index contributed by atoms with van der Waals surface area (Å²) in [5.41, 5.74) is 3.58. The van der Waals surface area contributed by atoms with Gasteiger partial charge in [0.15, 0.2) is 0 Å². The first kappa shape index (κ1) is 17.5. The van der Waals surface area contributed by atoms with Crippen LogP contribution in [0.15, 0.2) is 53.1 Å². The summed E-state index contributed by atoms with van der Waals surface area (Å²) < 4.78 is 10.6. The summed E-state index contributed by atoms with van der Waals surface area (Å²) in [4.78, 5) is 9.36. The topological polar surface area (TPSA) is 54.6 Å². The Hall–Kier alpha value is -2.86. The molecule has 2 heterocycles. The first-order valence-corrected chi connectivity index (χ1v) is 9.23. The number of benzene rings is 2. The van der Waals surface area contributed by atoms with Gasteiger partial charge in [0, 0.05) is 37.4 Å². The molecule has 0 aliphatic carbocycles. The minimum Gasteiger partial charge on any atom is -0.497 e. The second kappa shape index (κ2) is 7.80. The minimum absolute atomic E-state index is 0.617. The molecule has 1 aliphatic rings. The number of aryl methyl sites for hydroxylation is 1. The van der Waals surface area contributed by atoms with Gasteiger partial charge < -0.3 is 14.2 Å². The number of hydrogen-bond donors (Lipinski definition) is 0. The molecule has 0 atom stereocenters. The van der Waals surface area contributed by atoms with Crippen molar-refractivity contribution in [2.24, 2.45) is 0 Å². The van der Waals surface area contributed by atoms with Gasteiger partial charge in [0.25, 0.3) is 0 Å². The normalized spacial score (nSPS) is 15.1. The van der Waals surface area contributed by atoms with Crippen molar-refractivity contribution in [1.82, 2.24) is 15.0 Å². The highest BCUT2D eigenvalue weighted by molar-refractivity contribution is 5.55. The van der Waals surface area contributed by atoms with Gasteiger partial charge in [-0.2, -0.15) is 4.98 Å². The van der Waals surface area contributed by atoms with E-state index in [4.69, 9.17) is 9.26 Å². The van der Waals surface area contributed by atoms with Crippen LogP contribution in [0.5, 0.6) is 5.75 Å². The van der Waals surface area contributed by atoms with Gasteiger partial charge in [-0.25, -0.2) is 0 Å². The van der Waals surface area contributed by atoms with E-state index in [-0.39, 0.29) is 0 Å². The fraction of sp³-hybridized carbons (Fsp3) is 0.333. The number of rotatable bonds is 5. The Kier molecular flexibility index (Phi) is 5.07. The molecule has 27 heavy (non-hydrogen) atoms. The highest BCUT2D eigenvalue weighted by Gasteiger charge is 2.20. The molecule has 0 radical (unpaired) electrons. The number of methoxy groups -OCH3 is 1. The third kappa shape index (κ3) is 3.95. The van der Waals surface area contributed by atoms with Gasteiger partial charge in [-0.05, 0) is 42.8 Å². The monoisotopic (exact) mass is 364 g/mol. The van der Waals surface area contributed by atoms with E-state index in [1.165, 1.54) is 11.3 Å². The molecule has 0 saturated carbocycles. The standard InChI is InChI=1S/C21H24N4O2/c1-16-5-3-4-6-19(16)25-13-11-24(12-14-25)15-20-22-21(23-27-20)17-7-9-18(26-2)10-8-17/h3-10H,11-15H2,1-2H3. The highest BCUT2D eigenvalue weighted by Crippen LogP contribution is 2.22. The van der Waals surface area contributed by atoms with Crippen LogP contribution in [-0.4, -0.2) is 48.3 Å². The Morgan fingerprint density at radius 1 is 1.00 bits per heavy atom. The lowest BCUT2D eigenvalue weighted by molar-refractivity contribution is 0.215. The van der Waals surface area contributed by atoms with Crippen molar-refractivity contribution < 1.29 is 9.26 Å². The lowest BCUT2D eigenvalue weighted by Gasteiger charge is -2.36. The predicted molar refractivity (Wildman–Crippen MR) is 105 cm³/mol. The van der Waals surface area contributed by atoms with E-state index in [0.29, 0.717) is 18.3 Å². The summed E-state index contributed by atoms with van der Waals surface area (Å²) >= 11 is 0. The molecular formula is C21H24N4O2. The Bertz CT molecular complexity index is 883. The summed E-state index contributed by atoms with van der Waals surface area (Å²) in [6.45, 7) is 6.82. The van der Waals surface area contributed by atoms with E-state index in [2.05, 4.69) is 51.1 Å². The number of piperazine rings is 1. The molecule has 2 aromatic carbocycles. The lowest BCUT2D eigenvalue weighted by atomic mass is 10.1. The molecule has 6 nitrogen and oxygen atoms in total. The van der Waals surface area contributed by atoms with E-state index in [0.717, 1.165) is 37.5 Å². The second-order valence-corrected chi connectivity index (χ2v) is 6.79. The van der Waals surface area contributed by atoms with Gasteiger partial charge in [-0.1, -0.05) is 23.4 Å². The Morgan fingerprint density at radius 2 is 1.74 bits per heavy atom. The highest BCUT2D eigenvalue weighted by atomic mass is 16.5. The van der Waals surface area contributed by atoms with E-state index in [1.54, 1.807) is 7.11 Å². The van der Waals surface area contributed by atoms with Crippen LogP contribution in [0.25, 0.3) is 11.4 Å². The summed E-state index contributed by atoms with van der Waals surface area (Å²) in [5.74, 6) is 2.09. The zero-order valence-corrected chi connectivity index (χ0v) is 15.8. The van der Waals surface area contributed by atoms with Crippen molar-refractivity contribution in [3.05, 3.63) is 60.0 Å². The molecule has 1 aromatic heterocycles. The molecule has 0 spiro atoms. The van der Waals surface area contributed by atoms with Gasteiger partial charge in [0.1, 0.15) is 5.75 Å². The molecule has 0 unspecified atom stereocenters. The fourth-order valence-electron chi connectivity index (χ4n) is 3.43. The van der Waals surface area contributed by atoms with Crippen molar-refractivity contribution in [3.8, 4) is 17.1 Å². The summed E-state index contributed by atoms with van der Waals surface area (Å²) in [6, 6.07) is 16.2. The van der Waals surface area contributed by atoms with E-state index < -0.39 is 0 Å². The maximum Gasteiger partial charge on any atom is 0.241 e. The van der Waals surface area contributed by atoms with Crippen LogP contribution in [0.4, 0.5) is 5.69 Å². The zero-order valence-electron chi connectivity index (χ0n) is 15.8. The van der Waals surface area contributed by atoms with E-state index >= 15 is 0 Å². The molecule has 0 amide bonds. The number of anilines is 1. The Morgan fingerprint density at radius 3 is 2.44 bits per heavy atom.